The van der Waals surface area contributed by atoms with Crippen LogP contribution in [-0.4, -0.2) is 66.2 Å². The molecule has 1 aromatic heterocycles. The quantitative estimate of drug-likeness (QED) is 0.396. The summed E-state index contributed by atoms with van der Waals surface area (Å²) >= 11 is 0. The molecule has 2 fully saturated rings. The fraction of sp³-hybridized carbons (Fsp3) is 0.516. The molecule has 40 heavy (non-hydrogen) atoms. The lowest BCUT2D eigenvalue weighted by atomic mass is 9.97. The first-order valence-corrected chi connectivity index (χ1v) is 14.4. The van der Waals surface area contributed by atoms with Gasteiger partial charge in [-0.25, -0.2) is 0 Å². The maximum absolute atomic E-state index is 13.0. The molecule has 5 rings (SSSR count). The molecule has 0 bridgehead atoms. The zero-order chi connectivity index (χ0) is 27.9. The van der Waals surface area contributed by atoms with Gasteiger partial charge in [-0.05, 0) is 80.6 Å². The Hall–Kier alpha value is -3.43. The van der Waals surface area contributed by atoms with Crippen molar-refractivity contribution >= 4 is 5.91 Å². The Bertz CT molecular complexity index is 1250. The minimum absolute atomic E-state index is 0.0530. The molecule has 1 N–H and O–H groups in total. The van der Waals surface area contributed by atoms with Crippen molar-refractivity contribution in [3.63, 3.8) is 0 Å². The van der Waals surface area contributed by atoms with Gasteiger partial charge >= 0.3 is 0 Å². The number of ether oxygens (including phenoxy) is 2. The number of carbonyl (C=O) groups excluding carboxylic acids is 1. The Balaban J connectivity index is 1.09. The van der Waals surface area contributed by atoms with Gasteiger partial charge < -0.3 is 19.3 Å². The lowest BCUT2D eigenvalue weighted by molar-refractivity contribution is -0.127. The predicted octanol–water partition coefficient (Wildman–Crippen LogP) is 4.51. The normalized spacial score (nSPS) is 18.9. The van der Waals surface area contributed by atoms with E-state index in [1.165, 1.54) is 31.5 Å². The van der Waals surface area contributed by atoms with Crippen LogP contribution in [0.15, 0.2) is 47.0 Å². The molecular formula is C31H41N5O4. The SMILES string of the molecule is COc1ccc(-c2noc(CN3CCCC(C(=O)NCc4ccc(CN5CCC(C)CC5)cc4)C3)n2)cc1OC. The first kappa shape index (κ1) is 28.1. The van der Waals surface area contributed by atoms with Gasteiger partial charge in [-0.3, -0.25) is 14.6 Å². The summed E-state index contributed by atoms with van der Waals surface area (Å²) in [6.45, 7) is 8.36. The smallest absolute Gasteiger partial charge is 0.241 e. The van der Waals surface area contributed by atoms with E-state index in [2.05, 4.69) is 56.4 Å². The molecule has 2 aliphatic heterocycles. The summed E-state index contributed by atoms with van der Waals surface area (Å²) < 4.78 is 16.2. The Labute approximate surface area is 236 Å². The Kier molecular flexibility index (Phi) is 9.34. The summed E-state index contributed by atoms with van der Waals surface area (Å²) in [5, 5.41) is 7.31. The minimum Gasteiger partial charge on any atom is -0.493 e. The van der Waals surface area contributed by atoms with Crippen molar-refractivity contribution in [2.75, 3.05) is 40.4 Å². The molecule has 2 aliphatic rings. The Morgan fingerprint density at radius 3 is 2.45 bits per heavy atom. The molecule has 0 radical (unpaired) electrons. The summed E-state index contributed by atoms with van der Waals surface area (Å²) in [6, 6.07) is 14.2. The number of aromatic nitrogens is 2. The maximum atomic E-state index is 13.0. The van der Waals surface area contributed by atoms with Gasteiger partial charge in [0, 0.05) is 25.2 Å². The van der Waals surface area contributed by atoms with Gasteiger partial charge in [0.1, 0.15) is 0 Å². The van der Waals surface area contributed by atoms with Crippen LogP contribution in [0.25, 0.3) is 11.4 Å². The second kappa shape index (κ2) is 13.3. The number of carbonyl (C=O) groups is 1. The van der Waals surface area contributed by atoms with E-state index in [-0.39, 0.29) is 11.8 Å². The van der Waals surface area contributed by atoms with Gasteiger partial charge in [-0.1, -0.05) is 36.3 Å². The van der Waals surface area contributed by atoms with Crippen LogP contribution in [-0.2, 0) is 24.4 Å². The molecule has 214 valence electrons. The van der Waals surface area contributed by atoms with Crippen LogP contribution in [0.5, 0.6) is 11.5 Å². The lowest BCUT2D eigenvalue weighted by Gasteiger charge is -2.31. The number of piperidine rings is 2. The van der Waals surface area contributed by atoms with E-state index >= 15 is 0 Å². The van der Waals surface area contributed by atoms with Crippen LogP contribution < -0.4 is 14.8 Å². The van der Waals surface area contributed by atoms with Gasteiger partial charge in [-0.2, -0.15) is 4.98 Å². The number of nitrogens with zero attached hydrogens (tertiary/aromatic N) is 4. The van der Waals surface area contributed by atoms with Gasteiger partial charge in [0.15, 0.2) is 11.5 Å². The molecule has 9 heteroatoms. The molecule has 1 atom stereocenters. The molecule has 2 saturated heterocycles. The number of hydrogen-bond acceptors (Lipinski definition) is 8. The zero-order valence-electron chi connectivity index (χ0n) is 23.9. The third kappa shape index (κ3) is 7.20. The highest BCUT2D eigenvalue weighted by Gasteiger charge is 2.27. The van der Waals surface area contributed by atoms with Crippen LogP contribution in [0.2, 0.25) is 0 Å². The molecule has 3 heterocycles. The van der Waals surface area contributed by atoms with Crippen molar-refractivity contribution in [2.24, 2.45) is 11.8 Å². The summed E-state index contributed by atoms with van der Waals surface area (Å²) in [7, 11) is 3.20. The third-order valence-electron chi connectivity index (χ3n) is 8.12. The van der Waals surface area contributed by atoms with E-state index in [1.807, 2.05) is 18.2 Å². The fourth-order valence-corrected chi connectivity index (χ4v) is 5.59. The lowest BCUT2D eigenvalue weighted by Crippen LogP contribution is -2.42. The highest BCUT2D eigenvalue weighted by Crippen LogP contribution is 2.31. The fourth-order valence-electron chi connectivity index (χ4n) is 5.59. The molecule has 3 aromatic rings. The molecule has 0 spiro atoms. The number of benzene rings is 2. The van der Waals surface area contributed by atoms with E-state index < -0.39 is 0 Å². The highest BCUT2D eigenvalue weighted by atomic mass is 16.5. The molecule has 9 nitrogen and oxygen atoms in total. The van der Waals surface area contributed by atoms with Crippen molar-refractivity contribution in [1.29, 1.82) is 0 Å². The summed E-state index contributed by atoms with van der Waals surface area (Å²) in [5.74, 6) is 3.19. The van der Waals surface area contributed by atoms with Crippen molar-refractivity contribution in [3.8, 4) is 22.9 Å². The zero-order valence-corrected chi connectivity index (χ0v) is 23.9. The summed E-state index contributed by atoms with van der Waals surface area (Å²) in [6.07, 6.45) is 4.42. The van der Waals surface area contributed by atoms with Crippen LogP contribution in [0.1, 0.15) is 49.6 Å². The molecular weight excluding hydrogens is 506 g/mol. The van der Waals surface area contributed by atoms with Gasteiger partial charge in [0.05, 0.1) is 26.7 Å². The third-order valence-corrected chi connectivity index (χ3v) is 8.12. The molecule has 1 amide bonds. The van der Waals surface area contributed by atoms with E-state index in [9.17, 15) is 4.79 Å². The molecule has 0 saturated carbocycles. The minimum atomic E-state index is -0.0530. The van der Waals surface area contributed by atoms with E-state index in [4.69, 9.17) is 14.0 Å². The van der Waals surface area contributed by atoms with E-state index in [0.717, 1.165) is 43.0 Å². The van der Waals surface area contributed by atoms with E-state index in [0.29, 0.717) is 42.8 Å². The average molecular weight is 548 g/mol. The first-order valence-electron chi connectivity index (χ1n) is 14.4. The van der Waals surface area contributed by atoms with Crippen molar-refractivity contribution in [2.45, 2.75) is 52.2 Å². The predicted molar refractivity (Wildman–Crippen MR) is 153 cm³/mol. The van der Waals surface area contributed by atoms with Crippen molar-refractivity contribution in [3.05, 3.63) is 59.5 Å². The number of rotatable bonds is 10. The number of hydrogen-bond donors (Lipinski definition) is 1. The first-order chi connectivity index (χ1) is 19.5. The standard InChI is InChI=1S/C31H41N5O4/c1-22-12-15-35(16-13-22)19-24-8-6-23(7-9-24)18-32-31(37)26-5-4-14-36(20-26)21-29-33-30(34-40-29)25-10-11-27(38-2)28(17-25)39-3/h6-11,17,22,26H,4-5,12-16,18-21H2,1-3H3,(H,32,37). The van der Waals surface area contributed by atoms with Gasteiger partial charge in [0.2, 0.25) is 17.6 Å². The number of likely N-dealkylation sites (tertiary alicyclic amines) is 2. The second-order valence-corrected chi connectivity index (χ2v) is 11.1. The number of nitrogens with one attached hydrogen (secondary N) is 1. The topological polar surface area (TPSA) is 93.0 Å². The van der Waals surface area contributed by atoms with Crippen molar-refractivity contribution in [1.82, 2.24) is 25.3 Å². The number of methoxy groups -OCH3 is 2. The van der Waals surface area contributed by atoms with Gasteiger partial charge in [0.25, 0.3) is 0 Å². The Morgan fingerprint density at radius 1 is 0.950 bits per heavy atom. The van der Waals surface area contributed by atoms with Gasteiger partial charge in [-0.15, -0.1) is 0 Å². The summed E-state index contributed by atoms with van der Waals surface area (Å²) in [5.41, 5.74) is 3.26. The van der Waals surface area contributed by atoms with Crippen LogP contribution in [0.4, 0.5) is 0 Å². The molecule has 1 unspecified atom stereocenters. The second-order valence-electron chi connectivity index (χ2n) is 11.1. The van der Waals surface area contributed by atoms with E-state index in [1.54, 1.807) is 14.2 Å². The average Bonchev–Trinajstić information content (AvgIpc) is 3.46. The van der Waals surface area contributed by atoms with Crippen LogP contribution in [0.3, 0.4) is 0 Å². The van der Waals surface area contributed by atoms with Crippen LogP contribution >= 0.6 is 0 Å². The molecule has 2 aromatic carbocycles. The molecule has 0 aliphatic carbocycles. The van der Waals surface area contributed by atoms with Crippen molar-refractivity contribution < 1.29 is 18.8 Å². The Morgan fingerprint density at radius 2 is 1.70 bits per heavy atom. The summed E-state index contributed by atoms with van der Waals surface area (Å²) in [4.78, 5) is 22.3. The maximum Gasteiger partial charge on any atom is 0.241 e. The highest BCUT2D eigenvalue weighted by molar-refractivity contribution is 5.79. The largest absolute Gasteiger partial charge is 0.493 e. The monoisotopic (exact) mass is 547 g/mol. The number of amides is 1. The van der Waals surface area contributed by atoms with Crippen LogP contribution in [0, 0.1) is 11.8 Å².